The molecule has 0 aromatic heterocycles. The van der Waals surface area contributed by atoms with Crippen LogP contribution in [0, 0.1) is 0 Å². The van der Waals surface area contributed by atoms with E-state index in [1.807, 2.05) is 23.1 Å². The number of amides is 1. The van der Waals surface area contributed by atoms with E-state index in [2.05, 4.69) is 35.8 Å². The molecule has 1 saturated heterocycles. The molecule has 2 aromatic rings. The van der Waals surface area contributed by atoms with Crippen molar-refractivity contribution in [2.24, 2.45) is 4.99 Å². The highest BCUT2D eigenvalue weighted by atomic mass is 32.2. The number of thioether (sulfide) groups is 1. The molecular formula is C23H27N3O2S. The van der Waals surface area contributed by atoms with Crippen LogP contribution in [-0.4, -0.2) is 46.6 Å². The van der Waals surface area contributed by atoms with Crippen molar-refractivity contribution in [3.05, 3.63) is 59.7 Å². The van der Waals surface area contributed by atoms with Crippen LogP contribution in [0.1, 0.15) is 43.4 Å². The molecule has 2 N–H and O–H groups in total. The zero-order valence-corrected chi connectivity index (χ0v) is 17.7. The number of benzene rings is 2. The van der Waals surface area contributed by atoms with E-state index in [0.717, 1.165) is 29.7 Å². The molecule has 2 aliphatic heterocycles. The van der Waals surface area contributed by atoms with Crippen molar-refractivity contribution in [1.29, 1.82) is 0 Å². The molecular weight excluding hydrogens is 382 g/mol. The topological polar surface area (TPSA) is 64.9 Å². The van der Waals surface area contributed by atoms with Gasteiger partial charge in [0.05, 0.1) is 0 Å². The SMILES string of the molecule is CSc1ccc(C2=NC3(CCN(C(C)=O)CC3)N[C@@H](c3ccccc3O)C2)cc1. The second kappa shape index (κ2) is 8.20. The molecule has 1 amide bonds. The number of rotatable bonds is 3. The van der Waals surface area contributed by atoms with Crippen molar-refractivity contribution < 1.29 is 9.90 Å². The molecule has 6 heteroatoms. The largest absolute Gasteiger partial charge is 0.508 e. The number of carbonyl (C=O) groups is 1. The number of phenolic OH excluding ortho intramolecular Hbond substituents is 1. The molecule has 5 nitrogen and oxygen atoms in total. The summed E-state index contributed by atoms with van der Waals surface area (Å²) in [5, 5.41) is 14.2. The number of aromatic hydroxyl groups is 1. The van der Waals surface area contributed by atoms with Gasteiger partial charge in [-0.3, -0.25) is 15.1 Å². The van der Waals surface area contributed by atoms with E-state index in [4.69, 9.17) is 4.99 Å². The van der Waals surface area contributed by atoms with Crippen molar-refractivity contribution in [3.8, 4) is 5.75 Å². The van der Waals surface area contributed by atoms with Gasteiger partial charge in [0, 0.05) is 61.5 Å². The average Bonchev–Trinajstić information content (AvgIpc) is 2.74. The lowest BCUT2D eigenvalue weighted by Crippen LogP contribution is -2.56. The first-order valence-electron chi connectivity index (χ1n) is 10.0. The average molecular weight is 410 g/mol. The maximum atomic E-state index is 11.8. The van der Waals surface area contributed by atoms with E-state index in [0.29, 0.717) is 25.3 Å². The van der Waals surface area contributed by atoms with E-state index < -0.39 is 5.66 Å². The van der Waals surface area contributed by atoms with E-state index in [1.165, 1.54) is 4.90 Å². The summed E-state index contributed by atoms with van der Waals surface area (Å²) in [7, 11) is 0. The molecule has 0 saturated carbocycles. The van der Waals surface area contributed by atoms with E-state index in [1.54, 1.807) is 24.8 Å². The molecule has 1 spiro atoms. The van der Waals surface area contributed by atoms with Gasteiger partial charge in [0.2, 0.25) is 5.91 Å². The Morgan fingerprint density at radius 3 is 2.48 bits per heavy atom. The highest BCUT2D eigenvalue weighted by Crippen LogP contribution is 2.37. The summed E-state index contributed by atoms with van der Waals surface area (Å²) in [5.74, 6) is 0.421. The second-order valence-corrected chi connectivity index (χ2v) is 8.66. The number of piperidine rings is 1. The summed E-state index contributed by atoms with van der Waals surface area (Å²) >= 11 is 1.73. The molecule has 2 aliphatic rings. The van der Waals surface area contributed by atoms with Crippen LogP contribution in [-0.2, 0) is 4.79 Å². The highest BCUT2D eigenvalue weighted by molar-refractivity contribution is 7.98. The molecule has 4 rings (SSSR count). The van der Waals surface area contributed by atoms with Gasteiger partial charge in [-0.15, -0.1) is 11.8 Å². The van der Waals surface area contributed by atoms with Gasteiger partial charge in [0.25, 0.3) is 0 Å². The smallest absolute Gasteiger partial charge is 0.219 e. The maximum Gasteiger partial charge on any atom is 0.219 e. The summed E-state index contributed by atoms with van der Waals surface area (Å²) in [5.41, 5.74) is 2.66. The fourth-order valence-corrected chi connectivity index (χ4v) is 4.70. The van der Waals surface area contributed by atoms with E-state index >= 15 is 0 Å². The Hall–Kier alpha value is -2.31. The van der Waals surface area contributed by atoms with Crippen LogP contribution in [0.15, 0.2) is 58.4 Å². The standard InChI is InChI=1S/C23H27N3O2S/c1-16(27)26-13-11-23(12-14-26)24-20(17-7-9-18(29-2)10-8-17)15-21(25-23)19-5-3-4-6-22(19)28/h3-10,21,25,28H,11-15H2,1-2H3/t21-/m1/s1. The first-order valence-corrected chi connectivity index (χ1v) is 11.3. The normalized spacial score (nSPS) is 21.1. The molecule has 0 aliphatic carbocycles. The number of carbonyl (C=O) groups excluding carboxylic acids is 1. The monoisotopic (exact) mass is 409 g/mol. The van der Waals surface area contributed by atoms with Gasteiger partial charge in [-0.1, -0.05) is 30.3 Å². The number of para-hydroxylation sites is 1. The molecule has 2 aromatic carbocycles. The Morgan fingerprint density at radius 2 is 1.86 bits per heavy atom. The van der Waals surface area contributed by atoms with Crippen molar-refractivity contribution >= 4 is 23.4 Å². The van der Waals surface area contributed by atoms with Crippen LogP contribution in [0.25, 0.3) is 0 Å². The third kappa shape index (κ3) is 4.19. The molecule has 0 unspecified atom stereocenters. The van der Waals surface area contributed by atoms with E-state index in [-0.39, 0.29) is 11.9 Å². The Morgan fingerprint density at radius 1 is 1.17 bits per heavy atom. The number of nitrogens with zero attached hydrogens (tertiary/aromatic N) is 2. The summed E-state index contributed by atoms with van der Waals surface area (Å²) < 4.78 is 0. The number of phenols is 1. The number of aliphatic imine (C=N–C) groups is 1. The van der Waals surface area contributed by atoms with Gasteiger partial charge in [-0.2, -0.15) is 0 Å². The predicted molar refractivity (Wildman–Crippen MR) is 118 cm³/mol. The summed E-state index contributed by atoms with van der Waals surface area (Å²) in [6, 6.07) is 16.0. The fraction of sp³-hybridized carbons (Fsp3) is 0.391. The van der Waals surface area contributed by atoms with Gasteiger partial charge in [0.1, 0.15) is 11.4 Å². The van der Waals surface area contributed by atoms with Crippen LogP contribution in [0.4, 0.5) is 0 Å². The van der Waals surface area contributed by atoms with Crippen LogP contribution >= 0.6 is 11.8 Å². The van der Waals surface area contributed by atoms with Crippen LogP contribution in [0.5, 0.6) is 5.75 Å². The lowest BCUT2D eigenvalue weighted by Gasteiger charge is -2.45. The van der Waals surface area contributed by atoms with E-state index in [9.17, 15) is 9.90 Å². The van der Waals surface area contributed by atoms with Crippen molar-refractivity contribution in [2.75, 3.05) is 19.3 Å². The maximum absolute atomic E-state index is 11.8. The molecule has 2 heterocycles. The summed E-state index contributed by atoms with van der Waals surface area (Å²) in [6.45, 7) is 3.01. The molecule has 0 bridgehead atoms. The lowest BCUT2D eigenvalue weighted by molar-refractivity contribution is -0.130. The van der Waals surface area contributed by atoms with Crippen LogP contribution in [0.2, 0.25) is 0 Å². The molecule has 29 heavy (non-hydrogen) atoms. The van der Waals surface area contributed by atoms with Gasteiger partial charge in [-0.25, -0.2) is 0 Å². The molecule has 0 radical (unpaired) electrons. The van der Waals surface area contributed by atoms with Crippen LogP contribution in [0.3, 0.4) is 0 Å². The number of hydrogen-bond acceptors (Lipinski definition) is 5. The van der Waals surface area contributed by atoms with Gasteiger partial charge >= 0.3 is 0 Å². The third-order valence-corrected chi connectivity index (χ3v) is 6.70. The minimum absolute atomic E-state index is 0.0206. The first kappa shape index (κ1) is 20.0. The zero-order chi connectivity index (χ0) is 20.4. The summed E-state index contributed by atoms with van der Waals surface area (Å²) in [4.78, 5) is 20.1. The second-order valence-electron chi connectivity index (χ2n) is 7.78. The van der Waals surface area contributed by atoms with Gasteiger partial charge in [0.15, 0.2) is 0 Å². The van der Waals surface area contributed by atoms with Gasteiger partial charge < -0.3 is 10.0 Å². The minimum Gasteiger partial charge on any atom is -0.508 e. The zero-order valence-electron chi connectivity index (χ0n) is 16.9. The Labute approximate surface area is 176 Å². The third-order valence-electron chi connectivity index (χ3n) is 5.96. The lowest BCUT2D eigenvalue weighted by atomic mass is 9.87. The van der Waals surface area contributed by atoms with Crippen molar-refractivity contribution in [2.45, 2.75) is 42.8 Å². The van der Waals surface area contributed by atoms with Crippen molar-refractivity contribution in [1.82, 2.24) is 10.2 Å². The molecule has 1 fully saturated rings. The highest BCUT2D eigenvalue weighted by Gasteiger charge is 2.40. The first-order chi connectivity index (χ1) is 14.0. The van der Waals surface area contributed by atoms with Gasteiger partial charge in [-0.05, 0) is 30.0 Å². The quantitative estimate of drug-likeness (QED) is 0.753. The Bertz CT molecular complexity index is 918. The number of likely N-dealkylation sites (tertiary alicyclic amines) is 1. The van der Waals surface area contributed by atoms with Crippen LogP contribution < -0.4 is 5.32 Å². The number of nitrogens with one attached hydrogen (secondary N) is 1. The Kier molecular flexibility index (Phi) is 5.65. The van der Waals surface area contributed by atoms with Crippen molar-refractivity contribution in [3.63, 3.8) is 0 Å². The Balaban J connectivity index is 1.69. The fourth-order valence-electron chi connectivity index (χ4n) is 4.29. The predicted octanol–water partition coefficient (Wildman–Crippen LogP) is 3.98. The number of hydrogen-bond donors (Lipinski definition) is 2. The minimum atomic E-state index is -0.412. The molecule has 1 atom stereocenters. The summed E-state index contributed by atoms with van der Waals surface area (Å²) in [6.07, 6.45) is 4.32. The molecule has 152 valence electrons.